The lowest BCUT2D eigenvalue weighted by Gasteiger charge is -2.31. The number of guanidine groups is 1. The summed E-state index contributed by atoms with van der Waals surface area (Å²) in [6.07, 6.45) is 1.00. The summed E-state index contributed by atoms with van der Waals surface area (Å²) >= 11 is 0. The molecule has 0 atom stereocenters. The molecule has 0 saturated carbocycles. The van der Waals surface area contributed by atoms with Gasteiger partial charge >= 0.3 is 6.09 Å². The molecule has 1 aromatic rings. The van der Waals surface area contributed by atoms with Crippen LogP contribution in [0.4, 0.5) is 9.18 Å². The highest BCUT2D eigenvalue weighted by molar-refractivity contribution is 5.90. The van der Waals surface area contributed by atoms with Crippen molar-refractivity contribution in [3.8, 4) is 0 Å². The predicted molar refractivity (Wildman–Crippen MR) is 96.3 cm³/mol. The molecule has 1 aliphatic rings. The Morgan fingerprint density at radius 1 is 1.30 bits per heavy atom. The van der Waals surface area contributed by atoms with E-state index in [2.05, 4.69) is 0 Å². The third-order valence-electron chi connectivity index (χ3n) is 4.33. The molecule has 0 unspecified atom stereocenters. The van der Waals surface area contributed by atoms with Gasteiger partial charge in [-0.25, -0.2) is 9.18 Å². The number of amides is 2. The Labute approximate surface area is 157 Å². The van der Waals surface area contributed by atoms with Crippen LogP contribution in [0.15, 0.2) is 18.2 Å². The first-order chi connectivity index (χ1) is 12.9. The highest BCUT2D eigenvalue weighted by Crippen LogP contribution is 2.19. The van der Waals surface area contributed by atoms with Crippen LogP contribution >= 0.6 is 0 Å². The van der Waals surface area contributed by atoms with Gasteiger partial charge in [0.1, 0.15) is 12.4 Å². The van der Waals surface area contributed by atoms with Gasteiger partial charge < -0.3 is 20.1 Å². The molecule has 1 aromatic carbocycles. The number of hydrogen-bond acceptors (Lipinski definition) is 5. The molecule has 0 aromatic heterocycles. The molecule has 1 heterocycles. The lowest BCUT2D eigenvalue weighted by Crippen LogP contribution is -2.40. The summed E-state index contributed by atoms with van der Waals surface area (Å²) in [5, 5.41) is 8.89. The molecule has 2 amide bonds. The molecule has 27 heavy (non-hydrogen) atoms. The van der Waals surface area contributed by atoms with Crippen molar-refractivity contribution in [2.45, 2.75) is 45.5 Å². The van der Waals surface area contributed by atoms with E-state index in [0.29, 0.717) is 25.1 Å². The van der Waals surface area contributed by atoms with E-state index in [4.69, 9.17) is 20.6 Å². The molecule has 2 rings (SSSR count). The van der Waals surface area contributed by atoms with Crippen molar-refractivity contribution < 1.29 is 23.5 Å². The minimum atomic E-state index is -0.920. The Kier molecular flexibility index (Phi) is 7.54. The minimum absolute atomic E-state index is 0.0217. The lowest BCUT2D eigenvalue weighted by atomic mass is 10.1. The summed E-state index contributed by atoms with van der Waals surface area (Å²) in [5.41, 5.74) is 5.60. The maximum Gasteiger partial charge on any atom is 0.414 e. The molecule has 4 N–H and O–H groups in total. The molecule has 148 valence electrons. The van der Waals surface area contributed by atoms with Crippen molar-refractivity contribution in [1.82, 2.24) is 10.2 Å². The third kappa shape index (κ3) is 6.21. The fraction of sp³-hybridized carbons (Fsp3) is 0.500. The largest absolute Gasteiger partial charge is 0.444 e. The summed E-state index contributed by atoms with van der Waals surface area (Å²) in [6.45, 7) is 2.97. The van der Waals surface area contributed by atoms with Crippen molar-refractivity contribution in [2.75, 3.05) is 13.1 Å². The Morgan fingerprint density at radius 2 is 1.93 bits per heavy atom. The number of alkyl carbamates (subject to hydrolysis) is 1. The standard InChI is InChI=1S/C18H25FN4O4/c1-2-15(24)23-8-6-14(7-9-23)26-10-12-4-3-5-13(16(12)19)11-27-18(25)22-17(20)21/h3-5,14H,2,6-11H2,1H3,(H4,20,21,22,25). The Morgan fingerprint density at radius 3 is 2.52 bits per heavy atom. The van der Waals surface area contributed by atoms with Gasteiger partial charge in [0.2, 0.25) is 5.91 Å². The van der Waals surface area contributed by atoms with Crippen LogP contribution in [0.25, 0.3) is 0 Å². The first kappa shape index (κ1) is 20.6. The zero-order valence-corrected chi connectivity index (χ0v) is 15.3. The number of carbonyl (C=O) groups excluding carboxylic acids is 2. The normalized spacial score (nSPS) is 14.7. The zero-order chi connectivity index (χ0) is 19.8. The number of piperidine rings is 1. The second-order valence-corrected chi connectivity index (χ2v) is 6.25. The summed E-state index contributed by atoms with van der Waals surface area (Å²) in [6, 6.07) is 4.78. The number of carbonyl (C=O) groups is 2. The first-order valence-corrected chi connectivity index (χ1v) is 8.84. The van der Waals surface area contributed by atoms with Gasteiger partial charge in [0.25, 0.3) is 0 Å². The Balaban J connectivity index is 1.84. The molecule has 9 heteroatoms. The van der Waals surface area contributed by atoms with Crippen LogP contribution in [-0.4, -0.2) is 42.1 Å². The van der Waals surface area contributed by atoms with E-state index in [1.807, 2.05) is 17.1 Å². The van der Waals surface area contributed by atoms with E-state index in [1.165, 1.54) is 6.07 Å². The van der Waals surface area contributed by atoms with E-state index in [0.717, 1.165) is 12.8 Å². The van der Waals surface area contributed by atoms with E-state index < -0.39 is 17.9 Å². The fourth-order valence-electron chi connectivity index (χ4n) is 2.85. The van der Waals surface area contributed by atoms with Crippen molar-refractivity contribution in [3.05, 3.63) is 35.1 Å². The topological polar surface area (TPSA) is 118 Å². The van der Waals surface area contributed by atoms with Crippen molar-refractivity contribution in [2.24, 2.45) is 5.73 Å². The molecule has 8 nitrogen and oxygen atoms in total. The Bertz CT molecular complexity index is 690. The number of halogens is 1. The minimum Gasteiger partial charge on any atom is -0.444 e. The highest BCUT2D eigenvalue weighted by Gasteiger charge is 2.22. The van der Waals surface area contributed by atoms with Gasteiger partial charge in [-0.3, -0.25) is 15.5 Å². The molecule has 0 bridgehead atoms. The lowest BCUT2D eigenvalue weighted by molar-refractivity contribution is -0.133. The van der Waals surface area contributed by atoms with E-state index in [-0.39, 0.29) is 30.8 Å². The smallest absolute Gasteiger partial charge is 0.414 e. The fourth-order valence-corrected chi connectivity index (χ4v) is 2.85. The van der Waals surface area contributed by atoms with E-state index in [1.54, 1.807) is 12.1 Å². The number of nitrogens with one attached hydrogen (secondary N) is 2. The highest BCUT2D eigenvalue weighted by atomic mass is 19.1. The molecule has 0 aliphatic carbocycles. The number of hydrogen-bond donors (Lipinski definition) is 3. The van der Waals surface area contributed by atoms with Gasteiger partial charge in [0, 0.05) is 30.6 Å². The molecule has 0 spiro atoms. The van der Waals surface area contributed by atoms with Crippen LogP contribution in [0.5, 0.6) is 0 Å². The SMILES string of the molecule is CCC(=O)N1CCC(OCc2cccc(COC(=O)NC(=N)N)c2F)CC1. The number of nitrogens with two attached hydrogens (primary N) is 1. The zero-order valence-electron chi connectivity index (χ0n) is 15.3. The molecular weight excluding hydrogens is 355 g/mol. The van der Waals surface area contributed by atoms with Gasteiger partial charge in [-0.05, 0) is 12.8 Å². The molecule has 0 radical (unpaired) electrons. The van der Waals surface area contributed by atoms with Crippen LogP contribution in [0.2, 0.25) is 0 Å². The molecular formula is C18H25FN4O4. The molecule has 1 saturated heterocycles. The van der Waals surface area contributed by atoms with Gasteiger partial charge in [-0.2, -0.15) is 0 Å². The van der Waals surface area contributed by atoms with Crippen molar-refractivity contribution in [3.63, 3.8) is 0 Å². The Hall–Kier alpha value is -2.68. The van der Waals surface area contributed by atoms with E-state index >= 15 is 0 Å². The van der Waals surface area contributed by atoms with Gasteiger partial charge in [-0.15, -0.1) is 0 Å². The summed E-state index contributed by atoms with van der Waals surface area (Å²) in [7, 11) is 0. The maximum absolute atomic E-state index is 14.5. The third-order valence-corrected chi connectivity index (χ3v) is 4.33. The maximum atomic E-state index is 14.5. The second kappa shape index (κ2) is 9.86. The summed E-state index contributed by atoms with van der Waals surface area (Å²) in [5.74, 6) is -0.901. The molecule has 1 fully saturated rings. The number of nitrogens with zero attached hydrogens (tertiary/aromatic N) is 1. The van der Waals surface area contributed by atoms with Crippen LogP contribution in [0.1, 0.15) is 37.3 Å². The van der Waals surface area contributed by atoms with Crippen molar-refractivity contribution >= 4 is 18.0 Å². The molecule has 1 aliphatic heterocycles. The predicted octanol–water partition coefficient (Wildman–Crippen LogP) is 1.86. The van der Waals surface area contributed by atoms with Crippen molar-refractivity contribution in [1.29, 1.82) is 5.41 Å². The number of ether oxygens (including phenoxy) is 2. The number of rotatable bonds is 6. The number of benzene rings is 1. The average molecular weight is 380 g/mol. The van der Waals surface area contributed by atoms with Gasteiger partial charge in [0.15, 0.2) is 5.96 Å². The quantitative estimate of drug-likeness (QED) is 0.514. The average Bonchev–Trinajstić information content (AvgIpc) is 2.65. The second-order valence-electron chi connectivity index (χ2n) is 6.25. The number of likely N-dealkylation sites (tertiary alicyclic amines) is 1. The first-order valence-electron chi connectivity index (χ1n) is 8.84. The van der Waals surface area contributed by atoms with Crippen LogP contribution in [0.3, 0.4) is 0 Å². The van der Waals surface area contributed by atoms with Crippen LogP contribution in [-0.2, 0) is 27.5 Å². The van der Waals surface area contributed by atoms with E-state index in [9.17, 15) is 14.0 Å². The summed E-state index contributed by atoms with van der Waals surface area (Å²) in [4.78, 5) is 24.8. The van der Waals surface area contributed by atoms with Crippen LogP contribution in [0, 0.1) is 11.2 Å². The monoisotopic (exact) mass is 380 g/mol. The van der Waals surface area contributed by atoms with Gasteiger partial charge in [-0.1, -0.05) is 25.1 Å². The van der Waals surface area contributed by atoms with Gasteiger partial charge in [0.05, 0.1) is 12.7 Å². The van der Waals surface area contributed by atoms with Crippen LogP contribution < -0.4 is 11.1 Å². The summed E-state index contributed by atoms with van der Waals surface area (Å²) < 4.78 is 25.2.